The molecular formula is C16H20N4O. The zero-order chi connectivity index (χ0) is 14.7. The number of nitrogens with zero attached hydrogens (tertiary/aromatic N) is 3. The van der Waals surface area contributed by atoms with E-state index in [0.717, 1.165) is 37.3 Å². The van der Waals surface area contributed by atoms with Crippen molar-refractivity contribution >= 4 is 5.91 Å². The first-order valence-corrected chi connectivity index (χ1v) is 7.31. The molecule has 1 saturated heterocycles. The quantitative estimate of drug-likeness (QED) is 0.926. The van der Waals surface area contributed by atoms with Crippen molar-refractivity contribution in [2.75, 3.05) is 19.6 Å². The van der Waals surface area contributed by atoms with Crippen molar-refractivity contribution in [1.82, 2.24) is 20.0 Å². The van der Waals surface area contributed by atoms with Crippen molar-refractivity contribution < 1.29 is 4.79 Å². The van der Waals surface area contributed by atoms with Crippen LogP contribution in [-0.4, -0.2) is 46.3 Å². The van der Waals surface area contributed by atoms with Gasteiger partial charge in [0.2, 0.25) is 0 Å². The first-order valence-electron chi connectivity index (χ1n) is 7.31. The van der Waals surface area contributed by atoms with Crippen LogP contribution in [-0.2, 0) is 6.54 Å². The van der Waals surface area contributed by atoms with Crippen molar-refractivity contribution in [2.24, 2.45) is 0 Å². The summed E-state index contributed by atoms with van der Waals surface area (Å²) in [5.41, 5.74) is 1.90. The molecule has 1 N–H and O–H groups in total. The average Bonchev–Trinajstić information content (AvgIpc) is 3.00. The fraction of sp³-hybridized carbons (Fsp3) is 0.375. The fourth-order valence-corrected chi connectivity index (χ4v) is 2.63. The fourth-order valence-electron chi connectivity index (χ4n) is 2.63. The SMILES string of the molecule is C[C@H]1CN(C(=O)c2ccc(Cn3cccn3)cc2)CCN1. The number of carbonyl (C=O) groups excluding carboxylic acids is 1. The Labute approximate surface area is 124 Å². The molecule has 0 spiro atoms. The molecule has 1 aromatic heterocycles. The topological polar surface area (TPSA) is 50.2 Å². The van der Waals surface area contributed by atoms with Gasteiger partial charge in [-0.15, -0.1) is 0 Å². The predicted octanol–water partition coefficient (Wildman–Crippen LogP) is 1.37. The molecule has 0 saturated carbocycles. The molecule has 1 aliphatic heterocycles. The molecule has 5 heteroatoms. The molecule has 0 radical (unpaired) electrons. The van der Waals surface area contributed by atoms with Crippen LogP contribution >= 0.6 is 0 Å². The van der Waals surface area contributed by atoms with E-state index >= 15 is 0 Å². The third-order valence-electron chi connectivity index (χ3n) is 3.76. The van der Waals surface area contributed by atoms with Crippen LogP contribution in [0.2, 0.25) is 0 Å². The molecular weight excluding hydrogens is 264 g/mol. The Hall–Kier alpha value is -2.14. The van der Waals surface area contributed by atoms with E-state index in [-0.39, 0.29) is 5.91 Å². The summed E-state index contributed by atoms with van der Waals surface area (Å²) in [6.07, 6.45) is 3.70. The van der Waals surface area contributed by atoms with Gasteiger partial charge in [-0.05, 0) is 30.7 Å². The van der Waals surface area contributed by atoms with Gasteiger partial charge in [-0.1, -0.05) is 12.1 Å². The normalized spacial score (nSPS) is 18.7. The van der Waals surface area contributed by atoms with Crippen LogP contribution in [0.25, 0.3) is 0 Å². The Morgan fingerprint density at radius 2 is 2.19 bits per heavy atom. The van der Waals surface area contributed by atoms with E-state index < -0.39 is 0 Å². The molecule has 0 aliphatic carbocycles. The minimum absolute atomic E-state index is 0.119. The zero-order valence-corrected chi connectivity index (χ0v) is 12.2. The standard InChI is InChI=1S/C16H20N4O/c1-13-11-19(10-8-17-13)16(21)15-5-3-14(4-6-15)12-20-9-2-7-18-20/h2-7,9,13,17H,8,10-12H2,1H3/t13-/m0/s1. The number of hydrogen-bond acceptors (Lipinski definition) is 3. The van der Waals surface area contributed by atoms with E-state index in [9.17, 15) is 4.79 Å². The monoisotopic (exact) mass is 284 g/mol. The van der Waals surface area contributed by atoms with Crippen molar-refractivity contribution in [3.63, 3.8) is 0 Å². The van der Waals surface area contributed by atoms with E-state index in [2.05, 4.69) is 17.3 Å². The van der Waals surface area contributed by atoms with Crippen LogP contribution in [0.1, 0.15) is 22.8 Å². The molecule has 110 valence electrons. The molecule has 1 amide bonds. The van der Waals surface area contributed by atoms with Gasteiger partial charge in [-0.25, -0.2) is 0 Å². The first kappa shape index (κ1) is 13.8. The molecule has 1 atom stereocenters. The summed E-state index contributed by atoms with van der Waals surface area (Å²) in [5, 5.41) is 7.53. The van der Waals surface area contributed by atoms with E-state index in [4.69, 9.17) is 0 Å². The van der Waals surface area contributed by atoms with Gasteiger partial charge < -0.3 is 10.2 Å². The van der Waals surface area contributed by atoms with Crippen molar-refractivity contribution in [2.45, 2.75) is 19.5 Å². The van der Waals surface area contributed by atoms with E-state index in [1.807, 2.05) is 46.1 Å². The maximum absolute atomic E-state index is 12.5. The third kappa shape index (κ3) is 3.31. The molecule has 1 fully saturated rings. The van der Waals surface area contributed by atoms with E-state index in [1.54, 1.807) is 6.20 Å². The Morgan fingerprint density at radius 3 is 2.86 bits per heavy atom. The second-order valence-corrected chi connectivity index (χ2v) is 5.51. The average molecular weight is 284 g/mol. The highest BCUT2D eigenvalue weighted by atomic mass is 16.2. The largest absolute Gasteiger partial charge is 0.336 e. The number of hydrogen-bond donors (Lipinski definition) is 1. The Kier molecular flexibility index (Phi) is 4.01. The van der Waals surface area contributed by atoms with Crippen LogP contribution in [0.15, 0.2) is 42.7 Å². The molecule has 0 bridgehead atoms. The molecule has 3 rings (SSSR count). The number of rotatable bonds is 3. The first-order chi connectivity index (χ1) is 10.2. The Bertz CT molecular complexity index is 591. The highest BCUT2D eigenvalue weighted by Crippen LogP contribution is 2.10. The van der Waals surface area contributed by atoms with Crippen LogP contribution in [0.4, 0.5) is 0 Å². The number of nitrogens with one attached hydrogen (secondary N) is 1. The molecule has 0 unspecified atom stereocenters. The lowest BCUT2D eigenvalue weighted by Crippen LogP contribution is -2.51. The molecule has 21 heavy (non-hydrogen) atoms. The van der Waals surface area contributed by atoms with E-state index in [0.29, 0.717) is 6.04 Å². The number of carbonyl (C=O) groups is 1. The summed E-state index contributed by atoms with van der Waals surface area (Å²) in [5.74, 6) is 0.119. The van der Waals surface area contributed by atoms with E-state index in [1.165, 1.54) is 0 Å². The van der Waals surface area contributed by atoms with Crippen LogP contribution < -0.4 is 5.32 Å². The summed E-state index contributed by atoms with van der Waals surface area (Å²) < 4.78 is 1.87. The van der Waals surface area contributed by atoms with Gasteiger partial charge in [0.05, 0.1) is 6.54 Å². The summed E-state index contributed by atoms with van der Waals surface area (Å²) in [6.45, 7) is 5.25. The van der Waals surface area contributed by atoms with Crippen LogP contribution in [0.3, 0.4) is 0 Å². The van der Waals surface area contributed by atoms with Crippen LogP contribution in [0, 0.1) is 0 Å². The number of piperazine rings is 1. The molecule has 1 aliphatic rings. The number of benzene rings is 1. The number of amides is 1. The highest BCUT2D eigenvalue weighted by molar-refractivity contribution is 5.94. The Morgan fingerprint density at radius 1 is 1.38 bits per heavy atom. The van der Waals surface area contributed by atoms with Crippen molar-refractivity contribution in [3.8, 4) is 0 Å². The maximum Gasteiger partial charge on any atom is 0.253 e. The van der Waals surface area contributed by atoms with Gasteiger partial charge in [-0.2, -0.15) is 5.10 Å². The van der Waals surface area contributed by atoms with Gasteiger partial charge in [0.15, 0.2) is 0 Å². The molecule has 2 aromatic rings. The van der Waals surface area contributed by atoms with Gasteiger partial charge in [-0.3, -0.25) is 9.48 Å². The third-order valence-corrected chi connectivity index (χ3v) is 3.76. The minimum atomic E-state index is 0.119. The lowest BCUT2D eigenvalue weighted by molar-refractivity contribution is 0.0709. The summed E-state index contributed by atoms with van der Waals surface area (Å²) >= 11 is 0. The van der Waals surface area contributed by atoms with Crippen molar-refractivity contribution in [3.05, 3.63) is 53.9 Å². The zero-order valence-electron chi connectivity index (χ0n) is 12.2. The van der Waals surface area contributed by atoms with Gasteiger partial charge in [0, 0.05) is 43.6 Å². The van der Waals surface area contributed by atoms with Gasteiger partial charge >= 0.3 is 0 Å². The van der Waals surface area contributed by atoms with Crippen LogP contribution in [0.5, 0.6) is 0 Å². The van der Waals surface area contributed by atoms with Gasteiger partial charge in [0.1, 0.15) is 0 Å². The summed E-state index contributed by atoms with van der Waals surface area (Å²) in [7, 11) is 0. The smallest absolute Gasteiger partial charge is 0.253 e. The minimum Gasteiger partial charge on any atom is -0.336 e. The lowest BCUT2D eigenvalue weighted by atomic mass is 10.1. The maximum atomic E-state index is 12.5. The lowest BCUT2D eigenvalue weighted by Gasteiger charge is -2.32. The predicted molar refractivity (Wildman–Crippen MR) is 81.1 cm³/mol. The second kappa shape index (κ2) is 6.10. The Balaban J connectivity index is 1.67. The van der Waals surface area contributed by atoms with Gasteiger partial charge in [0.25, 0.3) is 5.91 Å². The summed E-state index contributed by atoms with van der Waals surface area (Å²) in [4.78, 5) is 14.4. The second-order valence-electron chi connectivity index (χ2n) is 5.51. The molecule has 2 heterocycles. The molecule has 5 nitrogen and oxygen atoms in total. The number of aromatic nitrogens is 2. The molecule has 1 aromatic carbocycles. The highest BCUT2D eigenvalue weighted by Gasteiger charge is 2.21. The summed E-state index contributed by atoms with van der Waals surface area (Å²) in [6, 6.07) is 10.1. The van der Waals surface area contributed by atoms with Crippen molar-refractivity contribution in [1.29, 1.82) is 0 Å².